The van der Waals surface area contributed by atoms with Gasteiger partial charge >= 0.3 is 0 Å². The van der Waals surface area contributed by atoms with E-state index in [1.807, 2.05) is 30.3 Å². The third-order valence-corrected chi connectivity index (χ3v) is 3.58. The largest absolute Gasteiger partial charge is 0.496 e. The van der Waals surface area contributed by atoms with Crippen molar-refractivity contribution in [1.82, 2.24) is 10.3 Å². The molecule has 6 nitrogen and oxygen atoms in total. The van der Waals surface area contributed by atoms with E-state index >= 15 is 0 Å². The van der Waals surface area contributed by atoms with Crippen LogP contribution in [-0.2, 0) is 6.61 Å². The second-order valence-corrected chi connectivity index (χ2v) is 4.94. The Kier molecular flexibility index (Phi) is 4.61. The molecule has 0 radical (unpaired) electrons. The molecule has 2 aromatic rings. The van der Waals surface area contributed by atoms with E-state index in [0.717, 1.165) is 41.6 Å². The minimum absolute atomic E-state index is 0.296. The van der Waals surface area contributed by atoms with Gasteiger partial charge in [-0.05, 0) is 24.3 Å². The van der Waals surface area contributed by atoms with Gasteiger partial charge in [0.15, 0.2) is 0 Å². The topological polar surface area (TPSA) is 65.0 Å². The number of ether oxygens (including phenoxy) is 3. The lowest BCUT2D eigenvalue weighted by Gasteiger charge is -2.15. The van der Waals surface area contributed by atoms with Gasteiger partial charge in [0.1, 0.15) is 23.9 Å². The highest BCUT2D eigenvalue weighted by Gasteiger charge is 2.16. The Morgan fingerprint density at radius 3 is 2.52 bits per heavy atom. The van der Waals surface area contributed by atoms with Crippen molar-refractivity contribution in [3.63, 3.8) is 0 Å². The molecule has 1 aromatic carbocycles. The number of pyridine rings is 1. The quantitative estimate of drug-likeness (QED) is 0.884. The normalized spacial score (nSPS) is 13.2. The summed E-state index contributed by atoms with van der Waals surface area (Å²) in [5.74, 6) is 2.80. The molecule has 120 valence electrons. The lowest BCUT2D eigenvalue weighted by atomic mass is 10.2. The Labute approximate surface area is 135 Å². The summed E-state index contributed by atoms with van der Waals surface area (Å²) in [5.41, 5.74) is 1.70. The lowest BCUT2D eigenvalue weighted by Crippen LogP contribution is -2.20. The third-order valence-electron chi connectivity index (χ3n) is 3.58. The second kappa shape index (κ2) is 7.00. The van der Waals surface area contributed by atoms with Crippen molar-refractivity contribution >= 4 is 5.84 Å². The van der Waals surface area contributed by atoms with Gasteiger partial charge in [0.2, 0.25) is 5.88 Å². The van der Waals surface area contributed by atoms with E-state index in [1.165, 1.54) is 0 Å². The van der Waals surface area contributed by atoms with Crippen molar-refractivity contribution in [1.29, 1.82) is 0 Å². The van der Waals surface area contributed by atoms with Crippen LogP contribution in [0.15, 0.2) is 41.5 Å². The fraction of sp³-hybridized carbons (Fsp3) is 0.294. The average molecular weight is 313 g/mol. The Bertz CT molecular complexity index is 694. The molecule has 1 aliphatic heterocycles. The Morgan fingerprint density at radius 2 is 1.87 bits per heavy atom. The monoisotopic (exact) mass is 313 g/mol. The summed E-state index contributed by atoms with van der Waals surface area (Å²) in [6.07, 6.45) is 1.70. The maximum Gasteiger partial charge on any atom is 0.224 e. The first-order valence-electron chi connectivity index (χ1n) is 7.40. The molecule has 0 saturated carbocycles. The SMILES string of the molecule is COc1cccc(OC)c1COc1ncccc1C1=NCCN1. The molecule has 0 fully saturated rings. The van der Waals surface area contributed by atoms with Crippen LogP contribution in [0.25, 0.3) is 0 Å². The zero-order chi connectivity index (χ0) is 16.1. The van der Waals surface area contributed by atoms with Crippen molar-refractivity contribution in [3.05, 3.63) is 47.7 Å². The second-order valence-electron chi connectivity index (χ2n) is 4.94. The van der Waals surface area contributed by atoms with Gasteiger partial charge in [0.25, 0.3) is 0 Å². The van der Waals surface area contributed by atoms with Gasteiger partial charge in [0.05, 0.1) is 31.9 Å². The van der Waals surface area contributed by atoms with Crippen LogP contribution in [0.3, 0.4) is 0 Å². The number of hydrogen-bond acceptors (Lipinski definition) is 6. The summed E-state index contributed by atoms with van der Waals surface area (Å²) in [6, 6.07) is 9.45. The molecule has 0 amide bonds. The van der Waals surface area contributed by atoms with E-state index in [-0.39, 0.29) is 0 Å². The minimum Gasteiger partial charge on any atom is -0.496 e. The van der Waals surface area contributed by atoms with E-state index in [2.05, 4.69) is 15.3 Å². The summed E-state index contributed by atoms with van der Waals surface area (Å²) < 4.78 is 16.7. The summed E-state index contributed by atoms with van der Waals surface area (Å²) in [6.45, 7) is 1.90. The molecule has 0 spiro atoms. The molecule has 0 unspecified atom stereocenters. The standard InChI is InChI=1S/C17H19N3O3/c1-21-14-6-3-7-15(22-2)13(14)11-23-17-12(5-4-8-20-17)16-18-9-10-19-16/h3-8H,9-11H2,1-2H3,(H,18,19). The van der Waals surface area contributed by atoms with E-state index in [0.29, 0.717) is 12.5 Å². The van der Waals surface area contributed by atoms with E-state index in [1.54, 1.807) is 20.4 Å². The van der Waals surface area contributed by atoms with Crippen LogP contribution in [0.1, 0.15) is 11.1 Å². The first kappa shape index (κ1) is 15.1. The minimum atomic E-state index is 0.296. The molecule has 6 heteroatoms. The third kappa shape index (κ3) is 3.21. The number of benzene rings is 1. The van der Waals surface area contributed by atoms with Crippen LogP contribution in [0.2, 0.25) is 0 Å². The maximum atomic E-state index is 5.93. The molecule has 23 heavy (non-hydrogen) atoms. The average Bonchev–Trinajstić information content (AvgIpc) is 3.14. The van der Waals surface area contributed by atoms with Gasteiger partial charge in [-0.2, -0.15) is 0 Å². The van der Waals surface area contributed by atoms with Crippen LogP contribution in [0.5, 0.6) is 17.4 Å². The van der Waals surface area contributed by atoms with Crippen molar-refractivity contribution < 1.29 is 14.2 Å². The Hall–Kier alpha value is -2.76. The highest BCUT2D eigenvalue weighted by Crippen LogP contribution is 2.29. The number of hydrogen-bond donors (Lipinski definition) is 1. The number of methoxy groups -OCH3 is 2. The van der Waals surface area contributed by atoms with Crippen LogP contribution in [-0.4, -0.2) is 38.1 Å². The zero-order valence-corrected chi connectivity index (χ0v) is 13.2. The molecular weight excluding hydrogens is 294 g/mol. The summed E-state index contributed by atoms with van der Waals surface area (Å²) >= 11 is 0. The van der Waals surface area contributed by atoms with Crippen molar-refractivity contribution in [2.24, 2.45) is 4.99 Å². The molecule has 0 aliphatic carbocycles. The zero-order valence-electron chi connectivity index (χ0n) is 13.2. The van der Waals surface area contributed by atoms with Crippen molar-refractivity contribution in [3.8, 4) is 17.4 Å². The summed E-state index contributed by atoms with van der Waals surface area (Å²) in [4.78, 5) is 8.75. The first-order valence-corrected chi connectivity index (χ1v) is 7.40. The number of rotatable bonds is 6. The summed E-state index contributed by atoms with van der Waals surface area (Å²) in [5, 5.41) is 3.24. The Morgan fingerprint density at radius 1 is 1.09 bits per heavy atom. The molecule has 3 rings (SSSR count). The van der Waals surface area contributed by atoms with E-state index in [4.69, 9.17) is 14.2 Å². The highest BCUT2D eigenvalue weighted by molar-refractivity contribution is 6.01. The van der Waals surface area contributed by atoms with Crippen LogP contribution >= 0.6 is 0 Å². The fourth-order valence-electron chi connectivity index (χ4n) is 2.48. The maximum absolute atomic E-state index is 5.93. The predicted octanol–water partition coefficient (Wildman–Crippen LogP) is 2.03. The number of nitrogens with one attached hydrogen (secondary N) is 1. The molecule has 1 aliphatic rings. The van der Waals surface area contributed by atoms with E-state index < -0.39 is 0 Å². The molecule has 1 N–H and O–H groups in total. The smallest absolute Gasteiger partial charge is 0.224 e. The Balaban J connectivity index is 1.85. The van der Waals surface area contributed by atoms with Crippen molar-refractivity contribution in [2.45, 2.75) is 6.61 Å². The predicted molar refractivity (Wildman–Crippen MR) is 87.5 cm³/mol. The molecule has 0 bridgehead atoms. The van der Waals surface area contributed by atoms with Gasteiger partial charge in [-0.15, -0.1) is 0 Å². The van der Waals surface area contributed by atoms with Gasteiger partial charge in [-0.3, -0.25) is 4.99 Å². The van der Waals surface area contributed by atoms with Gasteiger partial charge < -0.3 is 19.5 Å². The lowest BCUT2D eigenvalue weighted by molar-refractivity contribution is 0.276. The molecule has 2 heterocycles. The van der Waals surface area contributed by atoms with E-state index in [9.17, 15) is 0 Å². The van der Waals surface area contributed by atoms with Crippen LogP contribution in [0.4, 0.5) is 0 Å². The van der Waals surface area contributed by atoms with Crippen LogP contribution < -0.4 is 19.5 Å². The molecular formula is C17H19N3O3. The van der Waals surface area contributed by atoms with Crippen molar-refractivity contribution in [2.75, 3.05) is 27.3 Å². The van der Waals surface area contributed by atoms with Gasteiger partial charge in [-0.1, -0.05) is 6.07 Å². The fourth-order valence-corrected chi connectivity index (χ4v) is 2.48. The molecule has 0 atom stereocenters. The first-order chi connectivity index (χ1) is 11.3. The van der Waals surface area contributed by atoms with Gasteiger partial charge in [-0.25, -0.2) is 4.98 Å². The number of nitrogens with zero attached hydrogens (tertiary/aromatic N) is 2. The van der Waals surface area contributed by atoms with Gasteiger partial charge in [0, 0.05) is 12.7 Å². The van der Waals surface area contributed by atoms with Crippen LogP contribution in [0, 0.1) is 0 Å². The highest BCUT2D eigenvalue weighted by atomic mass is 16.5. The number of amidine groups is 1. The summed E-state index contributed by atoms with van der Waals surface area (Å²) in [7, 11) is 3.25. The molecule has 1 aromatic heterocycles. The number of aromatic nitrogens is 1. The molecule has 0 saturated heterocycles. The number of aliphatic imine (C=N–C) groups is 1.